The first kappa shape index (κ1) is 21.6. The number of para-hydroxylation sites is 1. The fourth-order valence-corrected chi connectivity index (χ4v) is 5.73. The number of amides is 2. The van der Waals surface area contributed by atoms with E-state index in [0.29, 0.717) is 35.7 Å². The van der Waals surface area contributed by atoms with Crippen LogP contribution in [0.5, 0.6) is 0 Å². The lowest BCUT2D eigenvalue weighted by atomic mass is 9.78. The van der Waals surface area contributed by atoms with Crippen molar-refractivity contribution in [2.45, 2.75) is 44.6 Å². The lowest BCUT2D eigenvalue weighted by Gasteiger charge is -2.44. The van der Waals surface area contributed by atoms with Gasteiger partial charge in [0.05, 0.1) is 10.7 Å². The van der Waals surface area contributed by atoms with Crippen LogP contribution in [0.3, 0.4) is 0 Å². The van der Waals surface area contributed by atoms with Crippen LogP contribution in [0.1, 0.15) is 38.5 Å². The molecule has 1 aromatic carbocycles. The monoisotopic (exact) mass is 434 g/mol. The number of hydrogen-bond acceptors (Lipinski definition) is 2. The molecule has 2 atom stereocenters. The first-order valence-corrected chi connectivity index (χ1v) is 12.0. The number of piperazine rings is 1. The highest BCUT2D eigenvalue weighted by molar-refractivity contribution is 6.33. The Labute approximate surface area is 184 Å². The van der Waals surface area contributed by atoms with Gasteiger partial charge in [-0.3, -0.25) is 9.59 Å². The molecule has 0 bridgehead atoms. The van der Waals surface area contributed by atoms with E-state index in [-0.39, 0.29) is 5.91 Å². The maximum atomic E-state index is 13.0. The average molecular weight is 435 g/mol. The smallest absolute Gasteiger partial charge is 0.279 e. The molecule has 3 fully saturated rings. The van der Waals surface area contributed by atoms with Crippen LogP contribution in [0.25, 0.3) is 0 Å². The van der Waals surface area contributed by atoms with Crippen molar-refractivity contribution in [3.63, 3.8) is 0 Å². The molecule has 1 aliphatic carbocycles. The molecule has 30 heavy (non-hydrogen) atoms. The van der Waals surface area contributed by atoms with Gasteiger partial charge in [0.15, 0.2) is 13.1 Å². The Hall–Kier alpha value is -1.63. The Morgan fingerprint density at radius 2 is 1.63 bits per heavy atom. The van der Waals surface area contributed by atoms with Crippen molar-refractivity contribution in [2.24, 2.45) is 5.92 Å². The Morgan fingerprint density at radius 1 is 0.967 bits per heavy atom. The molecule has 0 spiro atoms. The van der Waals surface area contributed by atoms with Crippen LogP contribution in [0.2, 0.25) is 5.02 Å². The summed E-state index contributed by atoms with van der Waals surface area (Å²) in [7, 11) is 0. The number of carbonyl (C=O) groups excluding carboxylic acids is 2. The van der Waals surface area contributed by atoms with Gasteiger partial charge in [-0.1, -0.05) is 36.6 Å². The van der Waals surface area contributed by atoms with Gasteiger partial charge >= 0.3 is 0 Å². The zero-order valence-corrected chi connectivity index (χ0v) is 18.6. The summed E-state index contributed by atoms with van der Waals surface area (Å²) in [6, 6.07) is 7.82. The van der Waals surface area contributed by atoms with Crippen LogP contribution < -0.4 is 15.1 Å². The SMILES string of the molecule is O=C(C[NH+]1CC[NH+](CC(=O)N2CCC[C@@H]3CCCC[C@H]32)CC1)Nc1ccccc1Cl. The maximum Gasteiger partial charge on any atom is 0.279 e. The van der Waals surface area contributed by atoms with E-state index in [0.717, 1.165) is 38.6 Å². The predicted octanol–water partition coefficient (Wildman–Crippen LogP) is 0.243. The van der Waals surface area contributed by atoms with Crippen LogP contribution in [0.4, 0.5) is 5.69 Å². The first-order valence-electron chi connectivity index (χ1n) is 11.6. The number of anilines is 1. The van der Waals surface area contributed by atoms with Gasteiger partial charge in [-0.15, -0.1) is 0 Å². The van der Waals surface area contributed by atoms with Crippen LogP contribution in [0, 0.1) is 5.92 Å². The van der Waals surface area contributed by atoms with E-state index in [1.54, 1.807) is 6.07 Å². The van der Waals surface area contributed by atoms with Gasteiger partial charge in [0.25, 0.3) is 11.8 Å². The number of halogens is 1. The number of likely N-dealkylation sites (tertiary alicyclic amines) is 1. The van der Waals surface area contributed by atoms with E-state index in [4.69, 9.17) is 11.6 Å². The third-order valence-corrected chi connectivity index (χ3v) is 7.52. The van der Waals surface area contributed by atoms with Crippen molar-refractivity contribution in [1.29, 1.82) is 0 Å². The van der Waals surface area contributed by atoms with Crippen molar-refractivity contribution in [1.82, 2.24) is 4.90 Å². The molecule has 0 aromatic heterocycles. The van der Waals surface area contributed by atoms with Crippen molar-refractivity contribution in [2.75, 3.05) is 51.1 Å². The summed E-state index contributed by atoms with van der Waals surface area (Å²) in [5.41, 5.74) is 0.668. The molecule has 3 aliphatic rings. The molecule has 0 unspecified atom stereocenters. The third-order valence-electron chi connectivity index (χ3n) is 7.19. The van der Waals surface area contributed by atoms with Gasteiger partial charge in [-0.2, -0.15) is 0 Å². The highest BCUT2D eigenvalue weighted by atomic mass is 35.5. The molecule has 1 aromatic rings. The van der Waals surface area contributed by atoms with Gasteiger partial charge in [0, 0.05) is 12.6 Å². The van der Waals surface area contributed by atoms with Crippen LogP contribution >= 0.6 is 11.6 Å². The van der Waals surface area contributed by atoms with Crippen LogP contribution in [-0.4, -0.2) is 68.6 Å². The molecule has 7 heteroatoms. The van der Waals surface area contributed by atoms with E-state index < -0.39 is 0 Å². The second-order valence-electron chi connectivity index (χ2n) is 9.22. The average Bonchev–Trinajstić information content (AvgIpc) is 2.76. The molecule has 6 nitrogen and oxygen atoms in total. The summed E-state index contributed by atoms with van der Waals surface area (Å²) in [5.74, 6) is 1.08. The van der Waals surface area contributed by atoms with Crippen molar-refractivity contribution in [3.8, 4) is 0 Å². The summed E-state index contributed by atoms with van der Waals surface area (Å²) >= 11 is 6.12. The van der Waals surface area contributed by atoms with E-state index >= 15 is 0 Å². The molecule has 164 valence electrons. The third kappa shape index (κ3) is 5.34. The summed E-state index contributed by atoms with van der Waals surface area (Å²) in [6.07, 6.45) is 7.59. The molecular formula is C23H35ClN4O2+2. The summed E-state index contributed by atoms with van der Waals surface area (Å²) in [6.45, 7) is 5.75. The fourth-order valence-electron chi connectivity index (χ4n) is 5.54. The Morgan fingerprint density at radius 3 is 2.40 bits per heavy atom. The molecule has 2 amide bonds. The van der Waals surface area contributed by atoms with E-state index in [1.807, 2.05) is 18.2 Å². The van der Waals surface area contributed by atoms with E-state index in [2.05, 4.69) is 10.2 Å². The minimum Gasteiger partial charge on any atom is -0.335 e. The lowest BCUT2D eigenvalue weighted by molar-refractivity contribution is -1.00. The number of carbonyl (C=O) groups is 2. The van der Waals surface area contributed by atoms with Gasteiger partial charge in [-0.05, 0) is 43.7 Å². The number of nitrogens with zero attached hydrogens (tertiary/aromatic N) is 1. The second-order valence-corrected chi connectivity index (χ2v) is 9.63. The number of hydrogen-bond donors (Lipinski definition) is 3. The van der Waals surface area contributed by atoms with Crippen LogP contribution in [-0.2, 0) is 9.59 Å². The molecule has 3 N–H and O–H groups in total. The highest BCUT2D eigenvalue weighted by Crippen LogP contribution is 2.35. The maximum absolute atomic E-state index is 13.0. The number of fused-ring (bicyclic) bond motifs is 1. The Balaban J connectivity index is 1.21. The summed E-state index contributed by atoms with van der Waals surface area (Å²) in [5, 5.41) is 3.47. The first-order chi connectivity index (χ1) is 14.6. The summed E-state index contributed by atoms with van der Waals surface area (Å²) in [4.78, 5) is 30.3. The minimum absolute atomic E-state index is 0.00529. The van der Waals surface area contributed by atoms with Crippen molar-refractivity contribution >= 4 is 29.1 Å². The van der Waals surface area contributed by atoms with Gasteiger partial charge in [0.1, 0.15) is 26.2 Å². The topological polar surface area (TPSA) is 58.3 Å². The van der Waals surface area contributed by atoms with Gasteiger partial charge in [0.2, 0.25) is 0 Å². The highest BCUT2D eigenvalue weighted by Gasteiger charge is 2.37. The molecule has 2 aliphatic heterocycles. The van der Waals surface area contributed by atoms with Gasteiger partial charge < -0.3 is 20.0 Å². The number of benzene rings is 1. The quantitative estimate of drug-likeness (QED) is 0.622. The number of piperidine rings is 1. The summed E-state index contributed by atoms with van der Waals surface area (Å²) < 4.78 is 0. The molecule has 0 radical (unpaired) electrons. The molecule has 2 saturated heterocycles. The zero-order chi connectivity index (χ0) is 20.9. The van der Waals surface area contributed by atoms with E-state index in [9.17, 15) is 9.59 Å². The normalized spacial score (nSPS) is 29.2. The van der Waals surface area contributed by atoms with Crippen molar-refractivity contribution in [3.05, 3.63) is 29.3 Å². The largest absolute Gasteiger partial charge is 0.335 e. The fraction of sp³-hybridized carbons (Fsp3) is 0.652. The molecule has 1 saturated carbocycles. The molecule has 4 rings (SSSR count). The molecule has 2 heterocycles. The zero-order valence-electron chi connectivity index (χ0n) is 17.8. The number of rotatable bonds is 5. The minimum atomic E-state index is -0.00529. The Bertz CT molecular complexity index is 748. The van der Waals surface area contributed by atoms with Crippen molar-refractivity contribution < 1.29 is 19.4 Å². The Kier molecular flexibility index (Phi) is 7.28. The molecular weight excluding hydrogens is 400 g/mol. The van der Waals surface area contributed by atoms with E-state index in [1.165, 1.54) is 48.3 Å². The van der Waals surface area contributed by atoms with Gasteiger partial charge in [-0.25, -0.2) is 0 Å². The second kappa shape index (κ2) is 10.1. The number of nitrogens with one attached hydrogen (secondary N) is 3. The van der Waals surface area contributed by atoms with Crippen LogP contribution in [0.15, 0.2) is 24.3 Å². The predicted molar refractivity (Wildman–Crippen MR) is 118 cm³/mol. The lowest BCUT2D eigenvalue weighted by Crippen LogP contribution is -3.28. The standard InChI is InChI=1S/C23H33ClN4O2/c24-19-8-2-3-9-20(19)25-22(29)16-26-12-14-27(15-13-26)17-23(30)28-11-5-7-18-6-1-4-10-21(18)28/h2-3,8-9,18,21H,1,4-7,10-17H2,(H,25,29)/p+2/t18-,21+/m0/s1. The number of quaternary nitrogens is 2.